The molecule has 1 rings (SSSR count). The first-order valence-electron chi connectivity index (χ1n) is 5.33. The van der Waals surface area contributed by atoms with E-state index in [2.05, 4.69) is 12.2 Å². The van der Waals surface area contributed by atoms with Gasteiger partial charge in [-0.3, -0.25) is 4.79 Å². The molecule has 3 heteroatoms. The summed E-state index contributed by atoms with van der Waals surface area (Å²) in [4.78, 5) is 13.6. The smallest absolute Gasteiger partial charge is 0.223 e. The first kappa shape index (κ1) is 10.5. The number of carbonyl (C=O) groups is 1. The molecule has 0 saturated carbocycles. The molecule has 1 aliphatic heterocycles. The summed E-state index contributed by atoms with van der Waals surface area (Å²) >= 11 is 0. The summed E-state index contributed by atoms with van der Waals surface area (Å²) in [5.74, 6) is 0.320. The van der Waals surface area contributed by atoms with Gasteiger partial charge in [0.15, 0.2) is 0 Å². The Balaban J connectivity index is 2.13. The van der Waals surface area contributed by atoms with Gasteiger partial charge in [0.25, 0.3) is 0 Å². The van der Waals surface area contributed by atoms with Crippen LogP contribution in [0.3, 0.4) is 0 Å². The van der Waals surface area contributed by atoms with E-state index in [4.69, 9.17) is 0 Å². The standard InChI is InChI=1S/C10H20N2O/c1-2-11-7-6-10(13)12-8-4-3-5-9-12/h11H,2-9H2,1H3. The second-order valence-electron chi connectivity index (χ2n) is 3.55. The molecule has 1 aliphatic rings. The van der Waals surface area contributed by atoms with E-state index in [1.54, 1.807) is 0 Å². The van der Waals surface area contributed by atoms with E-state index < -0.39 is 0 Å². The highest BCUT2D eigenvalue weighted by molar-refractivity contribution is 5.76. The topological polar surface area (TPSA) is 32.3 Å². The number of nitrogens with one attached hydrogen (secondary N) is 1. The third kappa shape index (κ3) is 3.77. The van der Waals surface area contributed by atoms with Gasteiger partial charge in [-0.2, -0.15) is 0 Å². The minimum Gasteiger partial charge on any atom is -0.343 e. The van der Waals surface area contributed by atoms with Crippen LogP contribution in [0.4, 0.5) is 0 Å². The van der Waals surface area contributed by atoms with Crippen LogP contribution >= 0.6 is 0 Å². The second kappa shape index (κ2) is 5.97. The van der Waals surface area contributed by atoms with Gasteiger partial charge in [-0.25, -0.2) is 0 Å². The van der Waals surface area contributed by atoms with Crippen LogP contribution in [0.1, 0.15) is 32.6 Å². The Kier molecular flexibility index (Phi) is 4.83. The zero-order chi connectivity index (χ0) is 9.52. The highest BCUT2D eigenvalue weighted by Crippen LogP contribution is 2.09. The van der Waals surface area contributed by atoms with E-state index in [0.717, 1.165) is 26.2 Å². The summed E-state index contributed by atoms with van der Waals surface area (Å²) in [7, 11) is 0. The Bertz CT molecular complexity index is 153. The van der Waals surface area contributed by atoms with Crippen LogP contribution in [-0.2, 0) is 4.79 Å². The van der Waals surface area contributed by atoms with E-state index in [9.17, 15) is 4.79 Å². The fourth-order valence-corrected chi connectivity index (χ4v) is 1.67. The van der Waals surface area contributed by atoms with Crippen molar-refractivity contribution in [1.29, 1.82) is 0 Å². The van der Waals surface area contributed by atoms with Crippen molar-refractivity contribution in [3.8, 4) is 0 Å². The third-order valence-corrected chi connectivity index (χ3v) is 2.47. The molecule has 3 nitrogen and oxygen atoms in total. The lowest BCUT2D eigenvalue weighted by Gasteiger charge is -2.26. The van der Waals surface area contributed by atoms with Crippen LogP contribution in [0.5, 0.6) is 0 Å². The predicted octanol–water partition coefficient (Wildman–Crippen LogP) is 0.998. The van der Waals surface area contributed by atoms with Crippen LogP contribution in [0.25, 0.3) is 0 Å². The lowest BCUT2D eigenvalue weighted by atomic mass is 10.1. The van der Waals surface area contributed by atoms with Crippen LogP contribution in [0.15, 0.2) is 0 Å². The largest absolute Gasteiger partial charge is 0.343 e. The van der Waals surface area contributed by atoms with Crippen LogP contribution in [0.2, 0.25) is 0 Å². The maximum absolute atomic E-state index is 11.6. The van der Waals surface area contributed by atoms with Gasteiger partial charge >= 0.3 is 0 Å². The Hall–Kier alpha value is -0.570. The fraction of sp³-hybridized carbons (Fsp3) is 0.900. The predicted molar refractivity (Wildman–Crippen MR) is 53.6 cm³/mol. The summed E-state index contributed by atoms with van der Waals surface area (Å²) in [6, 6.07) is 0. The van der Waals surface area contributed by atoms with Crippen LogP contribution in [-0.4, -0.2) is 37.0 Å². The Morgan fingerprint density at radius 2 is 2.00 bits per heavy atom. The van der Waals surface area contributed by atoms with Crippen molar-refractivity contribution >= 4 is 5.91 Å². The molecule has 1 saturated heterocycles. The molecular formula is C10H20N2O. The Morgan fingerprint density at radius 3 is 2.62 bits per heavy atom. The third-order valence-electron chi connectivity index (χ3n) is 2.47. The van der Waals surface area contributed by atoms with Crippen molar-refractivity contribution in [2.45, 2.75) is 32.6 Å². The summed E-state index contributed by atoms with van der Waals surface area (Å²) in [5, 5.41) is 3.17. The van der Waals surface area contributed by atoms with Gasteiger partial charge in [0.1, 0.15) is 0 Å². The number of carbonyl (C=O) groups excluding carboxylic acids is 1. The zero-order valence-electron chi connectivity index (χ0n) is 8.51. The highest BCUT2D eigenvalue weighted by atomic mass is 16.2. The molecule has 1 fully saturated rings. The number of likely N-dealkylation sites (tertiary alicyclic amines) is 1. The van der Waals surface area contributed by atoms with Crippen LogP contribution in [0, 0.1) is 0 Å². The van der Waals surface area contributed by atoms with Gasteiger partial charge in [0, 0.05) is 26.1 Å². The van der Waals surface area contributed by atoms with Gasteiger partial charge in [0.05, 0.1) is 0 Å². The number of piperidine rings is 1. The Labute approximate surface area is 80.5 Å². The molecule has 76 valence electrons. The lowest BCUT2D eigenvalue weighted by molar-refractivity contribution is -0.131. The minimum atomic E-state index is 0.320. The van der Waals surface area contributed by atoms with E-state index >= 15 is 0 Å². The molecule has 0 spiro atoms. The lowest BCUT2D eigenvalue weighted by Crippen LogP contribution is -2.37. The summed E-state index contributed by atoms with van der Waals surface area (Å²) < 4.78 is 0. The monoisotopic (exact) mass is 184 g/mol. The minimum absolute atomic E-state index is 0.320. The Morgan fingerprint density at radius 1 is 1.31 bits per heavy atom. The molecule has 0 aromatic rings. The molecule has 1 amide bonds. The first-order valence-corrected chi connectivity index (χ1v) is 5.33. The molecule has 0 aromatic carbocycles. The average molecular weight is 184 g/mol. The maximum atomic E-state index is 11.6. The van der Waals surface area contributed by atoms with Crippen molar-refractivity contribution < 1.29 is 4.79 Å². The molecule has 1 N–H and O–H groups in total. The van der Waals surface area contributed by atoms with E-state index in [1.807, 2.05) is 4.90 Å². The molecule has 0 aliphatic carbocycles. The maximum Gasteiger partial charge on any atom is 0.223 e. The average Bonchev–Trinajstić information content (AvgIpc) is 2.19. The number of hydrogen-bond donors (Lipinski definition) is 1. The highest BCUT2D eigenvalue weighted by Gasteiger charge is 2.15. The van der Waals surface area contributed by atoms with Gasteiger partial charge in [-0.1, -0.05) is 6.92 Å². The number of hydrogen-bond acceptors (Lipinski definition) is 2. The van der Waals surface area contributed by atoms with Gasteiger partial charge in [-0.15, -0.1) is 0 Å². The van der Waals surface area contributed by atoms with E-state index in [1.165, 1.54) is 19.3 Å². The summed E-state index contributed by atoms with van der Waals surface area (Å²) in [6.45, 7) is 5.79. The number of nitrogens with zero attached hydrogens (tertiary/aromatic N) is 1. The molecule has 0 unspecified atom stereocenters. The SMILES string of the molecule is CCNCCC(=O)N1CCCCC1. The molecule has 0 radical (unpaired) electrons. The van der Waals surface area contributed by atoms with Crippen LogP contribution < -0.4 is 5.32 Å². The van der Waals surface area contributed by atoms with Crippen molar-refractivity contribution in [1.82, 2.24) is 10.2 Å². The van der Waals surface area contributed by atoms with Crippen molar-refractivity contribution in [2.75, 3.05) is 26.2 Å². The summed E-state index contributed by atoms with van der Waals surface area (Å²) in [5.41, 5.74) is 0. The molecule has 0 aromatic heterocycles. The quantitative estimate of drug-likeness (QED) is 0.661. The molecular weight excluding hydrogens is 164 g/mol. The summed E-state index contributed by atoms with van der Waals surface area (Å²) in [6.07, 6.45) is 4.32. The van der Waals surface area contributed by atoms with Crippen molar-refractivity contribution in [3.63, 3.8) is 0 Å². The van der Waals surface area contributed by atoms with Gasteiger partial charge in [-0.05, 0) is 25.8 Å². The van der Waals surface area contributed by atoms with Gasteiger partial charge in [0.2, 0.25) is 5.91 Å². The molecule has 0 atom stereocenters. The number of amides is 1. The number of rotatable bonds is 4. The fourth-order valence-electron chi connectivity index (χ4n) is 1.67. The molecule has 13 heavy (non-hydrogen) atoms. The van der Waals surface area contributed by atoms with Crippen molar-refractivity contribution in [2.24, 2.45) is 0 Å². The van der Waals surface area contributed by atoms with E-state index in [-0.39, 0.29) is 0 Å². The molecule has 0 bridgehead atoms. The van der Waals surface area contributed by atoms with Crippen molar-refractivity contribution in [3.05, 3.63) is 0 Å². The zero-order valence-corrected chi connectivity index (χ0v) is 8.51. The van der Waals surface area contributed by atoms with Gasteiger partial charge < -0.3 is 10.2 Å². The van der Waals surface area contributed by atoms with E-state index in [0.29, 0.717) is 12.3 Å². The first-order chi connectivity index (χ1) is 6.34. The molecule has 1 heterocycles. The normalized spacial score (nSPS) is 17.5. The second-order valence-corrected chi connectivity index (χ2v) is 3.55.